The third-order valence-electron chi connectivity index (χ3n) is 7.84. The zero-order valence-corrected chi connectivity index (χ0v) is 24.4. The van der Waals surface area contributed by atoms with Crippen molar-refractivity contribution < 1.29 is 22.8 Å². The van der Waals surface area contributed by atoms with Crippen LogP contribution in [0.3, 0.4) is 0 Å². The predicted octanol–water partition coefficient (Wildman–Crippen LogP) is 6.43. The molecule has 3 aromatic carbocycles. The third-order valence-corrected chi connectivity index (χ3v) is 8.06. The van der Waals surface area contributed by atoms with E-state index in [4.69, 9.17) is 4.42 Å². The first-order chi connectivity index (χ1) is 20.7. The quantitative estimate of drug-likeness (QED) is 0.195. The van der Waals surface area contributed by atoms with Crippen molar-refractivity contribution in [3.8, 4) is 22.6 Å². The van der Waals surface area contributed by atoms with Crippen molar-refractivity contribution in [2.24, 2.45) is 0 Å². The van der Waals surface area contributed by atoms with E-state index >= 15 is 0 Å². The summed E-state index contributed by atoms with van der Waals surface area (Å²) in [6.45, 7) is 1.03. The molecule has 0 bridgehead atoms. The normalized spacial score (nSPS) is 15.1. The number of hydrogen-bond acceptors (Lipinski definition) is 6. The van der Waals surface area contributed by atoms with E-state index in [0.717, 1.165) is 24.1 Å². The molecular weight excluding hydrogens is 572 g/mol. The van der Waals surface area contributed by atoms with Crippen LogP contribution in [0.1, 0.15) is 45.2 Å². The number of H-pyrrole nitrogens is 1. The Morgan fingerprint density at radius 1 is 1.05 bits per heavy atom. The Kier molecular flexibility index (Phi) is 7.66. The highest BCUT2D eigenvalue weighted by molar-refractivity contribution is 7.81. The number of fused-ring (bicyclic) bond motifs is 1. The number of benzene rings is 3. The van der Waals surface area contributed by atoms with Gasteiger partial charge in [0.25, 0.3) is 11.8 Å². The molecule has 0 saturated carbocycles. The lowest BCUT2D eigenvalue weighted by molar-refractivity contribution is 0.0701. The number of thiol groups is 1. The topological polar surface area (TPSA) is 94.5 Å². The summed E-state index contributed by atoms with van der Waals surface area (Å²) in [5.74, 6) is -0.943. The van der Waals surface area contributed by atoms with Gasteiger partial charge in [0.15, 0.2) is 0 Å². The number of nitrogens with one attached hydrogen (secondary N) is 2. The molecule has 220 valence electrons. The number of hydrogen-bond donors (Lipinski definition) is 3. The van der Waals surface area contributed by atoms with E-state index in [1.54, 1.807) is 46.6 Å². The van der Waals surface area contributed by atoms with Crippen molar-refractivity contribution in [1.82, 2.24) is 20.4 Å². The molecule has 11 heteroatoms. The third kappa shape index (κ3) is 5.48. The van der Waals surface area contributed by atoms with Crippen LogP contribution < -0.4 is 9.62 Å². The Morgan fingerprint density at radius 2 is 1.72 bits per heavy atom. The summed E-state index contributed by atoms with van der Waals surface area (Å²) in [5.41, 5.74) is 4.75. The van der Waals surface area contributed by atoms with Crippen LogP contribution in [0, 0.1) is 11.6 Å². The average Bonchev–Trinajstić information content (AvgIpc) is 3.66. The van der Waals surface area contributed by atoms with E-state index < -0.39 is 0 Å². The van der Waals surface area contributed by atoms with Gasteiger partial charge >= 0.3 is 0 Å². The molecular formula is C32H29F2N5O3S. The second kappa shape index (κ2) is 11.6. The number of furan rings is 1. The summed E-state index contributed by atoms with van der Waals surface area (Å²) >= 11 is 4.59. The molecule has 1 saturated heterocycles. The predicted molar refractivity (Wildman–Crippen MR) is 164 cm³/mol. The summed E-state index contributed by atoms with van der Waals surface area (Å²) in [5, 5.41) is 10.4. The highest BCUT2D eigenvalue weighted by Crippen LogP contribution is 2.42. The summed E-state index contributed by atoms with van der Waals surface area (Å²) < 4.78 is 34.9. The number of carbonyl (C=O) groups excluding carboxylic acids is 2. The van der Waals surface area contributed by atoms with Crippen molar-refractivity contribution in [3.05, 3.63) is 95.2 Å². The van der Waals surface area contributed by atoms with Crippen LogP contribution in [0.2, 0.25) is 0 Å². The first-order valence-corrected chi connectivity index (χ1v) is 14.2. The number of piperidine rings is 1. The minimum Gasteiger partial charge on any atom is -0.455 e. The Labute approximate surface area is 252 Å². The van der Waals surface area contributed by atoms with Crippen molar-refractivity contribution in [2.45, 2.75) is 18.8 Å². The van der Waals surface area contributed by atoms with Gasteiger partial charge in [0.1, 0.15) is 28.7 Å². The average molecular weight is 602 g/mol. The van der Waals surface area contributed by atoms with Crippen LogP contribution in [-0.2, 0) is 0 Å². The van der Waals surface area contributed by atoms with Gasteiger partial charge in [0.2, 0.25) is 0 Å². The molecule has 2 N–H and O–H groups in total. The second-order valence-corrected chi connectivity index (χ2v) is 11.2. The van der Waals surface area contributed by atoms with Gasteiger partial charge in [0, 0.05) is 55.7 Å². The van der Waals surface area contributed by atoms with E-state index in [0.29, 0.717) is 57.9 Å². The lowest BCUT2D eigenvalue weighted by Gasteiger charge is -2.34. The number of rotatable bonds is 6. The molecule has 3 heterocycles. The molecule has 0 radical (unpaired) electrons. The molecule has 0 unspecified atom stereocenters. The maximum Gasteiger partial charge on any atom is 0.271 e. The van der Waals surface area contributed by atoms with Gasteiger partial charge in [-0.1, -0.05) is 12.8 Å². The molecule has 1 aliphatic rings. The van der Waals surface area contributed by atoms with Gasteiger partial charge in [-0.05, 0) is 79.1 Å². The van der Waals surface area contributed by atoms with Crippen LogP contribution in [-0.4, -0.2) is 54.1 Å². The zero-order valence-electron chi connectivity index (χ0n) is 23.5. The molecule has 5 aromatic rings. The van der Waals surface area contributed by atoms with Crippen molar-refractivity contribution in [1.29, 1.82) is 0 Å². The number of nitrogens with zero attached hydrogens (tertiary/aromatic N) is 3. The van der Waals surface area contributed by atoms with Crippen LogP contribution in [0.5, 0.6) is 0 Å². The summed E-state index contributed by atoms with van der Waals surface area (Å²) in [4.78, 5) is 28.5. The summed E-state index contributed by atoms with van der Waals surface area (Å²) in [6, 6.07) is 17.2. The molecule has 8 nitrogen and oxygen atoms in total. The molecule has 43 heavy (non-hydrogen) atoms. The van der Waals surface area contributed by atoms with Gasteiger partial charge < -0.3 is 18.9 Å². The van der Waals surface area contributed by atoms with E-state index in [1.807, 2.05) is 19.2 Å². The lowest BCUT2D eigenvalue weighted by atomic mass is 9.88. The Bertz CT molecular complexity index is 1820. The maximum atomic E-state index is 13.7. The Morgan fingerprint density at radius 3 is 2.37 bits per heavy atom. The van der Waals surface area contributed by atoms with Gasteiger partial charge in [0.05, 0.1) is 16.9 Å². The molecule has 1 fully saturated rings. The largest absolute Gasteiger partial charge is 0.455 e. The van der Waals surface area contributed by atoms with Gasteiger partial charge in [-0.2, -0.15) is 5.10 Å². The van der Waals surface area contributed by atoms with Crippen molar-refractivity contribution >= 4 is 41.3 Å². The first kappa shape index (κ1) is 28.5. The number of halogens is 2. The van der Waals surface area contributed by atoms with Crippen LogP contribution >= 0.6 is 12.8 Å². The summed E-state index contributed by atoms with van der Waals surface area (Å²) in [7, 11) is 3.36. The standard InChI is InChI=1S/C32H29F2N5O3S/c1-35-31(40)29-24-14-23(27(38(2)43)16-28(24)42-30(29)19-7-11-22(34)12-8-19)20-4-3-13-39(17-20)32(41)26-15-25(36-37-26)18-5-9-21(33)10-6-18/h5-12,14-16,20,43H,3-4,13,17H2,1-2H3,(H,35,40)(H,36,37)/t20-/m1/s1. The molecule has 6 rings (SSSR count). The summed E-state index contributed by atoms with van der Waals surface area (Å²) in [6.07, 6.45) is 1.60. The van der Waals surface area contributed by atoms with Crippen LogP contribution in [0.15, 0.2) is 71.1 Å². The van der Waals surface area contributed by atoms with Crippen molar-refractivity contribution in [3.63, 3.8) is 0 Å². The van der Waals surface area contributed by atoms with Crippen molar-refractivity contribution in [2.75, 3.05) is 31.5 Å². The Balaban J connectivity index is 1.35. The molecule has 0 spiro atoms. The maximum absolute atomic E-state index is 13.7. The molecule has 1 atom stereocenters. The lowest BCUT2D eigenvalue weighted by Crippen LogP contribution is -2.39. The van der Waals surface area contributed by atoms with Crippen LogP contribution in [0.4, 0.5) is 14.5 Å². The number of amides is 2. The monoisotopic (exact) mass is 601 g/mol. The number of likely N-dealkylation sites (tertiary alicyclic amines) is 1. The molecule has 2 amide bonds. The molecule has 2 aromatic heterocycles. The minimum absolute atomic E-state index is 0.0482. The fraction of sp³-hybridized carbons (Fsp3) is 0.219. The van der Waals surface area contributed by atoms with Gasteiger partial charge in [-0.25, -0.2) is 8.78 Å². The fourth-order valence-corrected chi connectivity index (χ4v) is 5.87. The van der Waals surface area contributed by atoms with Gasteiger partial charge in [-0.15, -0.1) is 0 Å². The highest BCUT2D eigenvalue weighted by atomic mass is 32.1. The number of aromatic amines is 1. The fourth-order valence-electron chi connectivity index (χ4n) is 5.70. The Hall–Kier alpha value is -4.64. The van der Waals surface area contributed by atoms with E-state index in [9.17, 15) is 18.4 Å². The molecule has 1 aliphatic heterocycles. The van der Waals surface area contributed by atoms with Gasteiger partial charge in [-0.3, -0.25) is 14.7 Å². The van der Waals surface area contributed by atoms with Crippen LogP contribution in [0.25, 0.3) is 33.6 Å². The smallest absolute Gasteiger partial charge is 0.271 e. The molecule has 0 aliphatic carbocycles. The van der Waals surface area contributed by atoms with E-state index in [2.05, 4.69) is 28.3 Å². The van der Waals surface area contributed by atoms with E-state index in [1.165, 1.54) is 24.3 Å². The number of aromatic nitrogens is 2. The second-order valence-electron chi connectivity index (χ2n) is 10.6. The SMILES string of the molecule is CNC(=O)c1c(-c2ccc(F)cc2)oc2cc(N(C)S)c([C@@H]3CCCN(C(=O)c4cc(-c5ccc(F)cc5)n[nH]4)C3)cc12. The van der Waals surface area contributed by atoms with E-state index in [-0.39, 0.29) is 29.4 Å². The number of anilines is 1. The highest BCUT2D eigenvalue weighted by Gasteiger charge is 2.31. The zero-order chi connectivity index (χ0) is 30.2. The first-order valence-electron chi connectivity index (χ1n) is 13.8. The minimum atomic E-state index is -0.388. The number of carbonyl (C=O) groups is 2.